The summed E-state index contributed by atoms with van der Waals surface area (Å²) in [5, 5.41) is 9.46. The second-order valence-corrected chi connectivity index (χ2v) is 3.48. The maximum Gasteiger partial charge on any atom is 0.0568 e. The highest BCUT2D eigenvalue weighted by atomic mass is 16.3. The molecule has 0 aromatic heterocycles. The number of aliphatic hydroxyl groups is 1. The van der Waals surface area contributed by atoms with Gasteiger partial charge in [0.2, 0.25) is 0 Å². The highest BCUT2D eigenvalue weighted by Gasteiger charge is 2.23. The van der Waals surface area contributed by atoms with Crippen molar-refractivity contribution in [2.75, 3.05) is 0 Å². The molecule has 1 aliphatic rings. The van der Waals surface area contributed by atoms with Gasteiger partial charge in [0.1, 0.15) is 0 Å². The lowest BCUT2D eigenvalue weighted by atomic mass is 9.99. The van der Waals surface area contributed by atoms with Gasteiger partial charge in [0, 0.05) is 0 Å². The molecule has 1 fully saturated rings. The Labute approximate surface area is 69.1 Å². The fourth-order valence-electron chi connectivity index (χ4n) is 1.88. The van der Waals surface area contributed by atoms with Crippen molar-refractivity contribution in [1.29, 1.82) is 0 Å². The molecule has 0 radical (unpaired) electrons. The Hall–Kier alpha value is -0.300. The lowest BCUT2D eigenvalue weighted by molar-refractivity contribution is 0.127. The van der Waals surface area contributed by atoms with Crippen LogP contribution in [-0.2, 0) is 0 Å². The second kappa shape index (κ2) is 4.55. The summed E-state index contributed by atoms with van der Waals surface area (Å²) in [6.45, 7) is 3.68. The molecule has 64 valence electrons. The summed E-state index contributed by atoms with van der Waals surface area (Å²) in [6.07, 6.45) is 8.93. The minimum absolute atomic E-state index is 0.000171. The molecule has 2 unspecified atom stereocenters. The van der Waals surface area contributed by atoms with E-state index in [9.17, 15) is 5.11 Å². The van der Waals surface area contributed by atoms with Gasteiger partial charge in [-0.25, -0.2) is 0 Å². The smallest absolute Gasteiger partial charge is 0.0568 e. The van der Waals surface area contributed by atoms with Crippen LogP contribution in [0.15, 0.2) is 12.7 Å². The van der Waals surface area contributed by atoms with Crippen LogP contribution in [-0.4, -0.2) is 11.2 Å². The molecule has 1 saturated carbocycles. The molecular weight excluding hydrogens is 136 g/mol. The van der Waals surface area contributed by atoms with Crippen molar-refractivity contribution in [3.8, 4) is 0 Å². The number of rotatable bonds is 4. The zero-order valence-electron chi connectivity index (χ0n) is 7.13. The minimum atomic E-state index is -0.000171. The first kappa shape index (κ1) is 8.79. The largest absolute Gasteiger partial charge is 0.393 e. The van der Waals surface area contributed by atoms with Gasteiger partial charge in [0.25, 0.3) is 0 Å². The number of unbranched alkanes of at least 4 members (excludes halogenated alkanes) is 1. The van der Waals surface area contributed by atoms with Gasteiger partial charge in [-0.05, 0) is 38.0 Å². The number of aliphatic hydroxyl groups excluding tert-OH is 1. The van der Waals surface area contributed by atoms with Crippen LogP contribution < -0.4 is 0 Å². The number of hydrogen-bond donors (Lipinski definition) is 1. The molecule has 0 amide bonds. The summed E-state index contributed by atoms with van der Waals surface area (Å²) in [5.41, 5.74) is 0. The molecule has 0 heterocycles. The summed E-state index contributed by atoms with van der Waals surface area (Å²) >= 11 is 0. The first-order chi connectivity index (χ1) is 5.34. The van der Waals surface area contributed by atoms with Crippen molar-refractivity contribution in [3.63, 3.8) is 0 Å². The summed E-state index contributed by atoms with van der Waals surface area (Å²) in [7, 11) is 0. The molecule has 1 N–H and O–H groups in total. The molecule has 0 aromatic carbocycles. The highest BCUT2D eigenvalue weighted by molar-refractivity contribution is 4.77. The van der Waals surface area contributed by atoms with Crippen molar-refractivity contribution in [2.45, 2.75) is 44.6 Å². The zero-order valence-corrected chi connectivity index (χ0v) is 7.13. The lowest BCUT2D eigenvalue weighted by Gasteiger charge is -2.12. The summed E-state index contributed by atoms with van der Waals surface area (Å²) in [4.78, 5) is 0. The molecule has 0 aliphatic heterocycles. The van der Waals surface area contributed by atoms with Crippen LogP contribution in [0.25, 0.3) is 0 Å². The van der Waals surface area contributed by atoms with E-state index in [1.165, 1.54) is 25.7 Å². The van der Waals surface area contributed by atoms with Crippen LogP contribution in [0.1, 0.15) is 38.5 Å². The fraction of sp³-hybridized carbons (Fsp3) is 0.800. The van der Waals surface area contributed by atoms with Gasteiger partial charge >= 0.3 is 0 Å². The molecule has 0 bridgehead atoms. The Bertz CT molecular complexity index is 120. The van der Waals surface area contributed by atoms with E-state index in [1.807, 2.05) is 6.08 Å². The van der Waals surface area contributed by atoms with Crippen LogP contribution in [0.4, 0.5) is 0 Å². The maximum atomic E-state index is 9.46. The molecule has 1 rings (SSSR count). The Morgan fingerprint density at radius 2 is 2.27 bits per heavy atom. The van der Waals surface area contributed by atoms with Crippen molar-refractivity contribution < 1.29 is 5.11 Å². The molecule has 2 atom stereocenters. The summed E-state index contributed by atoms with van der Waals surface area (Å²) in [6, 6.07) is 0. The van der Waals surface area contributed by atoms with Crippen LogP contribution in [0.5, 0.6) is 0 Å². The average molecular weight is 154 g/mol. The van der Waals surface area contributed by atoms with Gasteiger partial charge in [-0.2, -0.15) is 0 Å². The number of allylic oxidation sites excluding steroid dienone is 1. The maximum absolute atomic E-state index is 9.46. The van der Waals surface area contributed by atoms with Crippen LogP contribution in [0, 0.1) is 5.92 Å². The van der Waals surface area contributed by atoms with Crippen molar-refractivity contribution in [2.24, 2.45) is 5.92 Å². The van der Waals surface area contributed by atoms with Crippen molar-refractivity contribution >= 4 is 0 Å². The molecule has 0 aromatic rings. The third-order valence-electron chi connectivity index (χ3n) is 2.60. The Morgan fingerprint density at radius 3 is 2.82 bits per heavy atom. The van der Waals surface area contributed by atoms with E-state index < -0.39 is 0 Å². The van der Waals surface area contributed by atoms with E-state index in [4.69, 9.17) is 0 Å². The molecule has 1 aliphatic carbocycles. The van der Waals surface area contributed by atoms with Gasteiger partial charge in [0.05, 0.1) is 6.10 Å². The van der Waals surface area contributed by atoms with Gasteiger partial charge in [0.15, 0.2) is 0 Å². The topological polar surface area (TPSA) is 20.2 Å². The van der Waals surface area contributed by atoms with Crippen LogP contribution in [0.2, 0.25) is 0 Å². The molecule has 1 heteroatoms. The van der Waals surface area contributed by atoms with E-state index >= 15 is 0 Å². The predicted molar refractivity (Wildman–Crippen MR) is 47.4 cm³/mol. The summed E-state index contributed by atoms with van der Waals surface area (Å²) < 4.78 is 0. The lowest BCUT2D eigenvalue weighted by Crippen LogP contribution is -2.12. The Kier molecular flexibility index (Phi) is 3.64. The first-order valence-electron chi connectivity index (χ1n) is 4.63. The zero-order chi connectivity index (χ0) is 8.10. The predicted octanol–water partition coefficient (Wildman–Crippen LogP) is 2.50. The van der Waals surface area contributed by atoms with E-state index in [0.717, 1.165) is 12.8 Å². The fourth-order valence-corrected chi connectivity index (χ4v) is 1.88. The SMILES string of the molecule is C=CCCCC1CCCC1O. The minimum Gasteiger partial charge on any atom is -0.393 e. The molecule has 1 nitrogen and oxygen atoms in total. The average Bonchev–Trinajstić information content (AvgIpc) is 2.37. The van der Waals surface area contributed by atoms with E-state index in [1.54, 1.807) is 0 Å². The van der Waals surface area contributed by atoms with Crippen molar-refractivity contribution in [1.82, 2.24) is 0 Å². The second-order valence-electron chi connectivity index (χ2n) is 3.48. The van der Waals surface area contributed by atoms with Crippen molar-refractivity contribution in [3.05, 3.63) is 12.7 Å². The molecule has 11 heavy (non-hydrogen) atoms. The summed E-state index contributed by atoms with van der Waals surface area (Å²) in [5.74, 6) is 0.593. The standard InChI is InChI=1S/C10H18O/c1-2-3-4-6-9-7-5-8-10(9)11/h2,9-11H,1,3-8H2. The van der Waals surface area contributed by atoms with Gasteiger partial charge < -0.3 is 5.11 Å². The van der Waals surface area contributed by atoms with Crippen LogP contribution >= 0.6 is 0 Å². The quantitative estimate of drug-likeness (QED) is 0.487. The monoisotopic (exact) mass is 154 g/mol. The van der Waals surface area contributed by atoms with E-state index in [2.05, 4.69) is 6.58 Å². The van der Waals surface area contributed by atoms with Gasteiger partial charge in [-0.15, -0.1) is 6.58 Å². The third-order valence-corrected chi connectivity index (χ3v) is 2.60. The van der Waals surface area contributed by atoms with Crippen LogP contribution in [0.3, 0.4) is 0 Å². The third kappa shape index (κ3) is 2.66. The first-order valence-corrected chi connectivity index (χ1v) is 4.63. The Balaban J connectivity index is 2.10. The Morgan fingerprint density at radius 1 is 1.45 bits per heavy atom. The normalized spacial score (nSPS) is 30.6. The molecule has 0 saturated heterocycles. The van der Waals surface area contributed by atoms with E-state index in [-0.39, 0.29) is 6.10 Å². The highest BCUT2D eigenvalue weighted by Crippen LogP contribution is 2.29. The molecular formula is C10H18O. The van der Waals surface area contributed by atoms with Gasteiger partial charge in [-0.3, -0.25) is 0 Å². The van der Waals surface area contributed by atoms with E-state index in [0.29, 0.717) is 5.92 Å². The van der Waals surface area contributed by atoms with Gasteiger partial charge in [-0.1, -0.05) is 12.5 Å². The number of hydrogen-bond acceptors (Lipinski definition) is 1. The molecule has 0 spiro atoms.